The molecule has 1 saturated heterocycles. The lowest BCUT2D eigenvalue weighted by Gasteiger charge is -2.41. The molecular formula is C31H24F6N4O4. The van der Waals surface area contributed by atoms with Crippen LogP contribution in [0.25, 0.3) is 17.0 Å². The van der Waals surface area contributed by atoms with Gasteiger partial charge >= 0.3 is 12.4 Å². The zero-order valence-corrected chi connectivity index (χ0v) is 23.2. The van der Waals surface area contributed by atoms with Gasteiger partial charge in [0.2, 0.25) is 5.91 Å². The third-order valence-electron chi connectivity index (χ3n) is 7.56. The van der Waals surface area contributed by atoms with E-state index >= 15 is 0 Å². The molecule has 1 aliphatic rings. The summed E-state index contributed by atoms with van der Waals surface area (Å²) < 4.78 is 81.2. The van der Waals surface area contributed by atoms with Crippen LogP contribution < -0.4 is 0 Å². The van der Waals surface area contributed by atoms with Crippen molar-refractivity contribution in [3.05, 3.63) is 117 Å². The van der Waals surface area contributed by atoms with Crippen LogP contribution in [0.15, 0.2) is 79.0 Å². The molecule has 1 aliphatic heterocycles. The minimum Gasteiger partial charge on any atom is -0.361 e. The molecule has 14 heteroatoms. The van der Waals surface area contributed by atoms with Gasteiger partial charge in [0, 0.05) is 54.4 Å². The van der Waals surface area contributed by atoms with Crippen molar-refractivity contribution in [2.75, 3.05) is 19.6 Å². The fourth-order valence-electron chi connectivity index (χ4n) is 5.36. The Hall–Kier alpha value is -5.14. The maximum absolute atomic E-state index is 13.7. The molecule has 0 bridgehead atoms. The maximum Gasteiger partial charge on any atom is 0.416 e. The number of aromatic nitrogens is 1. The molecule has 4 aromatic rings. The van der Waals surface area contributed by atoms with Gasteiger partial charge in [0.1, 0.15) is 0 Å². The van der Waals surface area contributed by atoms with Crippen LogP contribution >= 0.6 is 0 Å². The van der Waals surface area contributed by atoms with Gasteiger partial charge in [-0.15, -0.1) is 0 Å². The number of alkyl halides is 6. The number of aromatic amines is 1. The van der Waals surface area contributed by atoms with Crippen LogP contribution in [0.4, 0.5) is 32.0 Å². The van der Waals surface area contributed by atoms with Crippen molar-refractivity contribution in [3.63, 3.8) is 0 Å². The second-order valence-electron chi connectivity index (χ2n) is 10.4. The molecule has 1 N–H and O–H groups in total. The summed E-state index contributed by atoms with van der Waals surface area (Å²) in [6, 6.07) is 12.9. The molecule has 234 valence electrons. The molecule has 1 aromatic heterocycles. The predicted octanol–water partition coefficient (Wildman–Crippen LogP) is 6.72. The molecule has 1 fully saturated rings. The van der Waals surface area contributed by atoms with E-state index in [9.17, 15) is 46.0 Å². The number of nitro benzene ring substituents is 1. The van der Waals surface area contributed by atoms with Gasteiger partial charge in [0.15, 0.2) is 0 Å². The molecule has 8 nitrogen and oxygen atoms in total. The number of benzene rings is 3. The van der Waals surface area contributed by atoms with Crippen LogP contribution in [-0.2, 0) is 23.6 Å². The average molecular weight is 631 g/mol. The molecule has 5 rings (SSSR count). The van der Waals surface area contributed by atoms with Gasteiger partial charge in [-0.1, -0.05) is 30.3 Å². The summed E-state index contributed by atoms with van der Waals surface area (Å²) in [4.78, 5) is 43.2. The van der Waals surface area contributed by atoms with E-state index in [0.717, 1.165) is 22.5 Å². The number of carbonyl (C=O) groups is 2. The summed E-state index contributed by atoms with van der Waals surface area (Å²) >= 11 is 0. The number of nitrogens with one attached hydrogen (secondary N) is 1. The van der Waals surface area contributed by atoms with Gasteiger partial charge in [-0.3, -0.25) is 19.7 Å². The molecule has 1 atom stereocenters. The molecule has 0 aliphatic carbocycles. The van der Waals surface area contributed by atoms with Crippen molar-refractivity contribution < 1.29 is 40.9 Å². The Morgan fingerprint density at radius 3 is 2.24 bits per heavy atom. The number of nitrogens with zero attached hydrogens (tertiary/aromatic N) is 3. The first kappa shape index (κ1) is 31.3. The van der Waals surface area contributed by atoms with Crippen molar-refractivity contribution in [1.29, 1.82) is 0 Å². The van der Waals surface area contributed by atoms with Crippen molar-refractivity contribution in [3.8, 4) is 0 Å². The van der Waals surface area contributed by atoms with Crippen LogP contribution in [-0.4, -0.2) is 57.2 Å². The fraction of sp³-hybridized carbons (Fsp3) is 0.226. The molecule has 2 amide bonds. The largest absolute Gasteiger partial charge is 0.416 e. The van der Waals surface area contributed by atoms with E-state index in [1.807, 2.05) is 12.1 Å². The number of hydrogen-bond acceptors (Lipinski definition) is 4. The van der Waals surface area contributed by atoms with Crippen LogP contribution in [0.5, 0.6) is 0 Å². The second-order valence-corrected chi connectivity index (χ2v) is 10.4. The number of para-hydroxylation sites is 2. The van der Waals surface area contributed by atoms with E-state index in [4.69, 9.17) is 0 Å². The minimum atomic E-state index is -5.13. The van der Waals surface area contributed by atoms with Crippen molar-refractivity contribution in [1.82, 2.24) is 14.8 Å². The molecular weight excluding hydrogens is 606 g/mol. The van der Waals surface area contributed by atoms with Crippen molar-refractivity contribution in [2.45, 2.75) is 24.8 Å². The first-order valence-corrected chi connectivity index (χ1v) is 13.6. The topological polar surface area (TPSA) is 99.5 Å². The van der Waals surface area contributed by atoms with E-state index in [1.54, 1.807) is 24.4 Å². The lowest BCUT2D eigenvalue weighted by atomic mass is 9.98. The van der Waals surface area contributed by atoms with Crippen LogP contribution in [0.3, 0.4) is 0 Å². The highest BCUT2D eigenvalue weighted by Gasteiger charge is 2.39. The highest BCUT2D eigenvalue weighted by atomic mass is 19.4. The molecule has 0 unspecified atom stereocenters. The zero-order valence-electron chi connectivity index (χ0n) is 23.2. The van der Waals surface area contributed by atoms with E-state index in [1.165, 1.54) is 34.1 Å². The predicted molar refractivity (Wildman–Crippen MR) is 152 cm³/mol. The van der Waals surface area contributed by atoms with Gasteiger partial charge in [0.25, 0.3) is 11.6 Å². The maximum atomic E-state index is 13.7. The Labute approximate surface area is 251 Å². The van der Waals surface area contributed by atoms with Gasteiger partial charge in [-0.25, -0.2) is 0 Å². The summed E-state index contributed by atoms with van der Waals surface area (Å²) in [5.74, 6) is -1.58. The van der Waals surface area contributed by atoms with E-state index in [0.29, 0.717) is 12.1 Å². The van der Waals surface area contributed by atoms with Gasteiger partial charge < -0.3 is 14.8 Å². The summed E-state index contributed by atoms with van der Waals surface area (Å²) in [5, 5.41) is 12.1. The van der Waals surface area contributed by atoms with Crippen LogP contribution in [0.2, 0.25) is 0 Å². The average Bonchev–Trinajstić information content (AvgIpc) is 3.41. The molecule has 0 radical (unpaired) electrons. The second kappa shape index (κ2) is 12.1. The standard InChI is InChI=1S/C31H24F6N4O4/c32-30(33,34)22-13-20(14-23(16-22)31(35,36)37)29(43)40-12-11-39(28(42)10-9-19-5-1-4-8-27(19)41(44)45)18-24(40)15-21-17-38-26-7-3-2-6-25(21)26/h1-10,13-14,16-17,24,38H,11-12,15,18H2/t24-/m1/s1. The number of carbonyl (C=O) groups excluding carboxylic acids is 2. The summed E-state index contributed by atoms with van der Waals surface area (Å²) in [6.07, 6.45) is -6.03. The smallest absolute Gasteiger partial charge is 0.361 e. The quantitative estimate of drug-likeness (QED) is 0.111. The molecule has 3 aromatic carbocycles. The number of amides is 2. The van der Waals surface area contributed by atoms with E-state index in [-0.39, 0.29) is 43.4 Å². The third kappa shape index (κ3) is 6.84. The Balaban J connectivity index is 1.47. The number of fused-ring (bicyclic) bond motifs is 1. The Kier molecular flexibility index (Phi) is 8.41. The van der Waals surface area contributed by atoms with E-state index < -0.39 is 51.8 Å². The minimum absolute atomic E-state index is 0.0414. The molecule has 0 spiro atoms. The first-order valence-electron chi connectivity index (χ1n) is 13.6. The highest BCUT2D eigenvalue weighted by Crippen LogP contribution is 2.37. The summed E-state index contributed by atoms with van der Waals surface area (Å²) in [6.45, 7) is -0.369. The monoisotopic (exact) mass is 630 g/mol. The van der Waals surface area contributed by atoms with E-state index in [2.05, 4.69) is 4.98 Å². The number of hydrogen-bond donors (Lipinski definition) is 1. The summed E-state index contributed by atoms with van der Waals surface area (Å²) in [5.41, 5.74) is -2.53. The number of piperazine rings is 1. The Bertz CT molecular complexity index is 1760. The number of nitro groups is 1. The number of halogens is 6. The Morgan fingerprint density at radius 2 is 1.58 bits per heavy atom. The molecule has 0 saturated carbocycles. The van der Waals surface area contributed by atoms with Crippen molar-refractivity contribution in [2.24, 2.45) is 0 Å². The molecule has 45 heavy (non-hydrogen) atoms. The van der Waals surface area contributed by atoms with Gasteiger partial charge in [-0.2, -0.15) is 26.3 Å². The van der Waals surface area contributed by atoms with Gasteiger partial charge in [0.05, 0.1) is 27.7 Å². The van der Waals surface area contributed by atoms with Gasteiger partial charge in [-0.05, 0) is 48.4 Å². The Morgan fingerprint density at radius 1 is 0.933 bits per heavy atom. The molecule has 2 heterocycles. The normalized spacial score (nSPS) is 16.0. The SMILES string of the molecule is O=C(C=Cc1ccccc1[N+](=O)[O-])N1CCN(C(=O)c2cc(C(F)(F)F)cc(C(F)(F)F)c2)[C@H](Cc2c[nH]c3ccccc23)C1. The fourth-order valence-corrected chi connectivity index (χ4v) is 5.36. The van der Waals surface area contributed by atoms with Crippen LogP contribution in [0.1, 0.15) is 32.6 Å². The number of H-pyrrole nitrogens is 1. The summed E-state index contributed by atoms with van der Waals surface area (Å²) in [7, 11) is 0. The number of rotatable bonds is 6. The van der Waals surface area contributed by atoms with Crippen molar-refractivity contribution >= 4 is 34.5 Å². The zero-order chi connectivity index (χ0) is 32.5. The first-order chi connectivity index (χ1) is 21.2. The highest BCUT2D eigenvalue weighted by molar-refractivity contribution is 5.96. The third-order valence-corrected chi connectivity index (χ3v) is 7.56. The lowest BCUT2D eigenvalue weighted by molar-refractivity contribution is -0.385. The lowest BCUT2D eigenvalue weighted by Crippen LogP contribution is -2.57. The van der Waals surface area contributed by atoms with Crippen LogP contribution in [0, 0.1) is 10.1 Å².